The van der Waals surface area contributed by atoms with Crippen molar-refractivity contribution in [2.45, 2.75) is 32.2 Å². The highest BCUT2D eigenvalue weighted by Crippen LogP contribution is 2.34. The van der Waals surface area contributed by atoms with Crippen molar-refractivity contribution < 1.29 is 29.0 Å². The van der Waals surface area contributed by atoms with Crippen LogP contribution in [0.2, 0.25) is 0 Å². The molecule has 0 atom stereocenters. The summed E-state index contributed by atoms with van der Waals surface area (Å²) in [6.07, 6.45) is 2.94. The van der Waals surface area contributed by atoms with Crippen LogP contribution in [-0.2, 0) is 25.7 Å². The van der Waals surface area contributed by atoms with E-state index >= 15 is 0 Å². The third-order valence-electron chi connectivity index (χ3n) is 6.02. The largest absolute Gasteiger partial charge is 0.464 e. The Morgan fingerprint density at radius 1 is 1.08 bits per heavy atom. The molecule has 1 aliphatic rings. The van der Waals surface area contributed by atoms with Gasteiger partial charge in [-0.05, 0) is 54.2 Å². The van der Waals surface area contributed by atoms with Crippen molar-refractivity contribution >= 4 is 29.4 Å². The van der Waals surface area contributed by atoms with E-state index in [4.69, 9.17) is 5.84 Å². The molecule has 2 aromatic carbocycles. The van der Waals surface area contributed by atoms with Crippen LogP contribution >= 0.6 is 0 Å². The first kappa shape index (κ1) is 27.8. The molecule has 0 saturated carbocycles. The number of hydrogen-bond donors (Lipinski definition) is 4. The summed E-state index contributed by atoms with van der Waals surface area (Å²) in [5.41, 5.74) is 3.16. The van der Waals surface area contributed by atoms with Crippen LogP contribution in [0.15, 0.2) is 72.2 Å². The third-order valence-corrected chi connectivity index (χ3v) is 6.02. The molecule has 3 amide bonds. The maximum atomic E-state index is 13.0. The second-order valence-corrected chi connectivity index (χ2v) is 8.57. The molecular weight excluding hydrogens is 488 g/mol. The van der Waals surface area contributed by atoms with Crippen molar-refractivity contribution in [3.8, 4) is 11.1 Å². The van der Waals surface area contributed by atoms with Crippen LogP contribution in [0.3, 0.4) is 0 Å². The first-order valence-electron chi connectivity index (χ1n) is 12.0. The monoisotopic (exact) mass is 519 g/mol. The molecular formula is C27H31N6O5+. The minimum absolute atomic E-state index is 0.0669. The average Bonchev–Trinajstić information content (AvgIpc) is 3.26. The number of carbonyl (C=O) groups excluding carboxylic acids is 4. The minimum Gasteiger partial charge on any atom is -0.464 e. The number of fused-ring (bicyclic) bond motifs is 1. The van der Waals surface area contributed by atoms with E-state index < -0.39 is 11.9 Å². The van der Waals surface area contributed by atoms with E-state index in [-0.39, 0.29) is 29.8 Å². The smallest absolute Gasteiger partial charge is 0.353 e. The maximum Gasteiger partial charge on any atom is 0.353 e. The Hall–Kier alpha value is -4.80. The first-order chi connectivity index (χ1) is 18.3. The van der Waals surface area contributed by atoms with E-state index in [1.165, 1.54) is 12.0 Å². The zero-order chi connectivity index (χ0) is 27.7. The molecule has 3 rings (SSSR count). The molecule has 11 nitrogen and oxygen atoms in total. The zero-order valence-corrected chi connectivity index (χ0v) is 21.2. The number of nitrogens with two attached hydrogens (primary N) is 1. The number of amides is 3. The van der Waals surface area contributed by atoms with Gasteiger partial charge in [0, 0.05) is 17.7 Å². The fourth-order valence-corrected chi connectivity index (χ4v) is 4.01. The van der Waals surface area contributed by atoms with Gasteiger partial charge >= 0.3 is 5.97 Å². The second kappa shape index (κ2) is 12.9. The molecule has 0 radical (unpaired) electrons. The molecule has 2 aromatic rings. The summed E-state index contributed by atoms with van der Waals surface area (Å²) in [6.45, 7) is 8.00. The number of carbonyl (C=O) groups is 4. The van der Waals surface area contributed by atoms with Gasteiger partial charge in [0.25, 0.3) is 11.8 Å². The van der Waals surface area contributed by atoms with E-state index in [1.807, 2.05) is 18.2 Å². The standard InChI is InChI=1S/C27H30N6O5/c1-17(27(37)38-3)30-25(35)18(2)33-16-23-21(8-7-9-22(23)26(33)36)19-11-13-20(14-12-19)31-24(34)10-5-4-6-15-29-32-28/h7-9,11-14H,1-2,4-6,10,15-16H2,3H3,(H2,28,29)(H,30,35)(H,31,34)/p+1. The number of rotatable bonds is 12. The van der Waals surface area contributed by atoms with Crippen molar-refractivity contribution in [1.82, 2.24) is 10.2 Å². The third kappa shape index (κ3) is 6.69. The molecule has 0 unspecified atom stereocenters. The van der Waals surface area contributed by atoms with Gasteiger partial charge in [-0.3, -0.25) is 19.3 Å². The summed E-state index contributed by atoms with van der Waals surface area (Å²) in [4.78, 5) is 50.6. The minimum atomic E-state index is -0.795. The molecule has 1 heterocycles. The Bertz CT molecular complexity index is 1290. The molecule has 1 aliphatic heterocycles. The number of nitrogens with one attached hydrogen (secondary N) is 3. The van der Waals surface area contributed by atoms with Gasteiger partial charge in [0.15, 0.2) is 0 Å². The van der Waals surface area contributed by atoms with E-state index in [0.29, 0.717) is 24.2 Å². The highest BCUT2D eigenvalue weighted by Gasteiger charge is 2.33. The first-order valence-corrected chi connectivity index (χ1v) is 12.0. The number of benzene rings is 2. The topological polar surface area (TPSA) is 157 Å². The molecule has 0 aliphatic carbocycles. The number of nitrogens with zero attached hydrogens (tertiary/aromatic N) is 2. The Morgan fingerprint density at radius 3 is 2.47 bits per heavy atom. The number of anilines is 1. The highest BCUT2D eigenvalue weighted by molar-refractivity contribution is 6.07. The predicted molar refractivity (Wildman–Crippen MR) is 140 cm³/mol. The lowest BCUT2D eigenvalue weighted by Crippen LogP contribution is -2.66. The van der Waals surface area contributed by atoms with Gasteiger partial charge in [-0.15, -0.1) is 0 Å². The van der Waals surface area contributed by atoms with E-state index in [1.54, 1.807) is 24.3 Å². The quantitative estimate of drug-likeness (QED) is 0.0832. The summed E-state index contributed by atoms with van der Waals surface area (Å²) < 4.78 is 4.52. The van der Waals surface area contributed by atoms with Gasteiger partial charge in [-0.25, -0.2) is 4.79 Å². The molecule has 198 valence electrons. The van der Waals surface area contributed by atoms with Gasteiger partial charge in [0.1, 0.15) is 17.9 Å². The lowest BCUT2D eigenvalue weighted by atomic mass is 9.97. The van der Waals surface area contributed by atoms with Crippen molar-refractivity contribution in [3.05, 3.63) is 78.1 Å². The van der Waals surface area contributed by atoms with E-state index in [0.717, 1.165) is 36.0 Å². The van der Waals surface area contributed by atoms with E-state index in [9.17, 15) is 19.2 Å². The van der Waals surface area contributed by atoms with Gasteiger partial charge in [-0.1, -0.05) is 37.4 Å². The van der Waals surface area contributed by atoms with Crippen molar-refractivity contribution in [1.29, 1.82) is 0 Å². The maximum absolute atomic E-state index is 13.0. The van der Waals surface area contributed by atoms with Crippen LogP contribution in [0, 0.1) is 0 Å². The van der Waals surface area contributed by atoms with Gasteiger partial charge in [-0.2, -0.15) is 11.0 Å². The average molecular weight is 520 g/mol. The molecule has 0 fully saturated rings. The Labute approximate surface area is 220 Å². The van der Waals surface area contributed by atoms with Gasteiger partial charge in [0.2, 0.25) is 5.91 Å². The van der Waals surface area contributed by atoms with Crippen LogP contribution in [-0.4, -0.2) is 42.2 Å². The lowest BCUT2D eigenvalue weighted by Gasteiger charge is -2.18. The zero-order valence-electron chi connectivity index (χ0n) is 21.2. The Kier molecular flexibility index (Phi) is 9.47. The van der Waals surface area contributed by atoms with Gasteiger partial charge in [0.05, 0.1) is 18.9 Å². The molecule has 0 saturated heterocycles. The van der Waals surface area contributed by atoms with Crippen LogP contribution < -0.4 is 21.6 Å². The van der Waals surface area contributed by atoms with Crippen LogP contribution in [0.1, 0.15) is 41.6 Å². The van der Waals surface area contributed by atoms with Crippen molar-refractivity contribution in [3.63, 3.8) is 0 Å². The second-order valence-electron chi connectivity index (χ2n) is 8.57. The van der Waals surface area contributed by atoms with Gasteiger partial charge < -0.3 is 15.4 Å². The number of hydrogen-bond acceptors (Lipinski definition) is 6. The highest BCUT2D eigenvalue weighted by atomic mass is 16.5. The Balaban J connectivity index is 1.65. The summed E-state index contributed by atoms with van der Waals surface area (Å²) in [6, 6.07) is 12.7. The number of esters is 1. The van der Waals surface area contributed by atoms with Crippen LogP contribution in [0.4, 0.5) is 5.69 Å². The molecule has 0 bridgehead atoms. The normalized spacial score (nSPS) is 12.2. The summed E-state index contributed by atoms with van der Waals surface area (Å²) >= 11 is 0. The lowest BCUT2D eigenvalue weighted by molar-refractivity contribution is -0.535. The van der Waals surface area contributed by atoms with Crippen molar-refractivity contribution in [2.24, 2.45) is 11.1 Å². The molecule has 0 spiro atoms. The summed E-state index contributed by atoms with van der Waals surface area (Å²) in [5, 5.41) is 11.2. The SMILES string of the molecule is C=C(NC(=O)C(=C)N1Cc2c(cccc2-c2ccc(NC(=O)CCCCC[NH+]=NN)cc2)C1=O)C(=O)OC. The molecule has 0 aromatic heterocycles. The number of unbranched alkanes of at least 4 members (excludes halogenated alkanes) is 2. The fourth-order valence-electron chi connectivity index (χ4n) is 4.01. The number of ether oxygens (including phenoxy) is 1. The number of methoxy groups -OCH3 is 1. The summed E-state index contributed by atoms with van der Waals surface area (Å²) in [7, 11) is 1.17. The summed E-state index contributed by atoms with van der Waals surface area (Å²) in [5.74, 6) is 3.05. The Morgan fingerprint density at radius 2 is 1.79 bits per heavy atom. The molecule has 38 heavy (non-hydrogen) atoms. The van der Waals surface area contributed by atoms with Crippen LogP contribution in [0.5, 0.6) is 0 Å². The van der Waals surface area contributed by atoms with E-state index in [2.05, 4.69) is 38.9 Å². The molecule has 11 heteroatoms. The predicted octanol–water partition coefficient (Wildman–Crippen LogP) is 1.53. The molecule has 5 N–H and O–H groups in total. The van der Waals surface area contributed by atoms with Crippen molar-refractivity contribution in [2.75, 3.05) is 19.0 Å². The fraction of sp³-hybridized carbons (Fsp3) is 0.259. The van der Waals surface area contributed by atoms with Crippen LogP contribution in [0.25, 0.3) is 11.1 Å².